The normalized spacial score (nSPS) is 10.5. The second-order valence-corrected chi connectivity index (χ2v) is 7.19. The van der Waals surface area contributed by atoms with Gasteiger partial charge in [-0.25, -0.2) is 14.2 Å². The van der Waals surface area contributed by atoms with Crippen LogP contribution >= 0.6 is 11.6 Å². The zero-order valence-electron chi connectivity index (χ0n) is 16.6. The van der Waals surface area contributed by atoms with Crippen LogP contribution in [0.1, 0.15) is 10.4 Å². The van der Waals surface area contributed by atoms with E-state index in [1.54, 1.807) is 18.3 Å². The zero-order chi connectivity index (χ0) is 22.7. The van der Waals surface area contributed by atoms with Crippen molar-refractivity contribution in [2.75, 3.05) is 0 Å². The van der Waals surface area contributed by atoms with E-state index in [1.165, 1.54) is 12.1 Å². The summed E-state index contributed by atoms with van der Waals surface area (Å²) < 4.78 is 5.95. The van der Waals surface area contributed by atoms with Crippen LogP contribution in [0.15, 0.2) is 90.0 Å². The van der Waals surface area contributed by atoms with Crippen LogP contribution in [0.5, 0.6) is 5.75 Å². The summed E-state index contributed by atoms with van der Waals surface area (Å²) in [4.78, 5) is 39.9. The lowest BCUT2D eigenvalue weighted by molar-refractivity contribution is 0.0733. The lowest BCUT2D eigenvalue weighted by Gasteiger charge is -2.10. The molecular weight excluding hydrogens is 430 g/mol. The minimum absolute atomic E-state index is 0.00427. The Bertz CT molecular complexity index is 1370. The van der Waals surface area contributed by atoms with Gasteiger partial charge in [-0.3, -0.25) is 9.78 Å². The van der Waals surface area contributed by atoms with E-state index in [1.807, 2.05) is 42.5 Å². The number of primary amides is 1. The highest BCUT2D eigenvalue weighted by molar-refractivity contribution is 6.33. The molecule has 4 rings (SSSR count). The van der Waals surface area contributed by atoms with Gasteiger partial charge in [0.1, 0.15) is 5.75 Å². The first-order valence-electron chi connectivity index (χ1n) is 9.48. The first kappa shape index (κ1) is 21.0. The molecule has 0 atom stereocenters. The van der Waals surface area contributed by atoms with Crippen molar-refractivity contribution in [2.45, 2.75) is 0 Å². The van der Waals surface area contributed by atoms with Crippen LogP contribution in [0, 0.1) is 0 Å². The predicted molar refractivity (Wildman–Crippen MR) is 121 cm³/mol. The highest BCUT2D eigenvalue weighted by Gasteiger charge is 2.14. The van der Waals surface area contributed by atoms with Gasteiger partial charge in [0.15, 0.2) is 0 Å². The second kappa shape index (κ2) is 8.87. The Labute approximate surface area is 187 Å². The number of ether oxygens (including phenoxy) is 1. The summed E-state index contributed by atoms with van der Waals surface area (Å²) in [5, 5.41) is 0.467. The molecule has 0 aliphatic carbocycles. The summed E-state index contributed by atoms with van der Waals surface area (Å²) in [6.45, 7) is 0. The van der Waals surface area contributed by atoms with Crippen LogP contribution in [0.4, 0.5) is 4.79 Å². The van der Waals surface area contributed by atoms with E-state index < -0.39 is 17.6 Å². The minimum atomic E-state index is -0.976. The lowest BCUT2D eigenvalue weighted by atomic mass is 10.0. The van der Waals surface area contributed by atoms with Gasteiger partial charge in [-0.15, -0.1) is 0 Å². The van der Waals surface area contributed by atoms with Gasteiger partial charge >= 0.3 is 12.0 Å². The standard InChI is InChI=1S/C24H16ClN3O4/c25-20-10-8-17(23(30)32-18-9-11-22(29)28(14-18)24(26)31)13-19(20)15-4-6-16(7-5-15)21-3-1-2-12-27-21/h1-14H,(H2,26,31). The molecule has 8 heteroatoms. The molecule has 158 valence electrons. The number of esters is 1. The third-order valence-electron chi connectivity index (χ3n) is 4.69. The number of nitrogens with zero attached hydrogens (tertiary/aromatic N) is 2. The molecule has 0 unspecified atom stereocenters. The molecule has 0 fully saturated rings. The van der Waals surface area contributed by atoms with Gasteiger partial charge in [0.25, 0.3) is 5.56 Å². The molecule has 0 saturated carbocycles. The molecule has 0 aliphatic heterocycles. The maximum atomic E-state index is 12.6. The van der Waals surface area contributed by atoms with E-state index in [0.29, 0.717) is 15.2 Å². The largest absolute Gasteiger partial charge is 0.421 e. The van der Waals surface area contributed by atoms with Gasteiger partial charge in [0, 0.05) is 28.4 Å². The first-order chi connectivity index (χ1) is 15.4. The summed E-state index contributed by atoms with van der Waals surface area (Å²) in [5.74, 6) is -0.674. The van der Waals surface area contributed by atoms with E-state index in [0.717, 1.165) is 29.1 Å². The monoisotopic (exact) mass is 445 g/mol. The molecule has 0 saturated heterocycles. The first-order valence-corrected chi connectivity index (χ1v) is 9.86. The van der Waals surface area contributed by atoms with E-state index in [9.17, 15) is 14.4 Å². The number of pyridine rings is 2. The van der Waals surface area contributed by atoms with Crippen molar-refractivity contribution in [2.24, 2.45) is 5.73 Å². The van der Waals surface area contributed by atoms with Crippen LogP contribution < -0.4 is 16.0 Å². The molecule has 4 aromatic rings. The van der Waals surface area contributed by atoms with Gasteiger partial charge in [-0.1, -0.05) is 41.9 Å². The number of amides is 1. The average Bonchev–Trinajstić information content (AvgIpc) is 2.81. The Kier molecular flexibility index (Phi) is 5.83. The summed E-state index contributed by atoms with van der Waals surface area (Å²) in [5.41, 5.74) is 8.02. The molecule has 0 radical (unpaired) electrons. The van der Waals surface area contributed by atoms with E-state index in [-0.39, 0.29) is 11.3 Å². The highest BCUT2D eigenvalue weighted by Crippen LogP contribution is 2.31. The molecule has 2 heterocycles. The molecule has 7 nitrogen and oxygen atoms in total. The van der Waals surface area contributed by atoms with Crippen LogP contribution in [-0.2, 0) is 0 Å². The Hall–Kier alpha value is -4.23. The average molecular weight is 446 g/mol. The van der Waals surface area contributed by atoms with E-state index in [4.69, 9.17) is 22.1 Å². The Balaban J connectivity index is 1.60. The number of rotatable bonds is 4. The number of carbonyl (C=O) groups is 2. The van der Waals surface area contributed by atoms with Crippen molar-refractivity contribution in [3.63, 3.8) is 0 Å². The van der Waals surface area contributed by atoms with Crippen molar-refractivity contribution in [1.29, 1.82) is 0 Å². The molecule has 1 amide bonds. The van der Waals surface area contributed by atoms with Gasteiger partial charge in [-0.05, 0) is 42.0 Å². The number of hydrogen-bond donors (Lipinski definition) is 1. The second-order valence-electron chi connectivity index (χ2n) is 6.79. The van der Waals surface area contributed by atoms with Gasteiger partial charge in [-0.2, -0.15) is 0 Å². The predicted octanol–water partition coefficient (Wildman–Crippen LogP) is 4.38. The zero-order valence-corrected chi connectivity index (χ0v) is 17.3. The fourth-order valence-electron chi connectivity index (χ4n) is 3.09. The van der Waals surface area contributed by atoms with Crippen molar-refractivity contribution >= 4 is 23.6 Å². The molecule has 0 aliphatic rings. The van der Waals surface area contributed by atoms with Crippen molar-refractivity contribution in [3.8, 4) is 28.1 Å². The van der Waals surface area contributed by atoms with Gasteiger partial charge in [0.2, 0.25) is 0 Å². The SMILES string of the molecule is NC(=O)n1cc(OC(=O)c2ccc(Cl)c(-c3ccc(-c4ccccn4)cc3)c2)ccc1=O. The summed E-state index contributed by atoms with van der Waals surface area (Å²) >= 11 is 6.37. The van der Waals surface area contributed by atoms with Gasteiger partial charge < -0.3 is 10.5 Å². The Morgan fingerprint density at radius 2 is 1.69 bits per heavy atom. The molecule has 2 N–H and O–H groups in total. The maximum Gasteiger partial charge on any atom is 0.343 e. The topological polar surface area (TPSA) is 104 Å². The number of aromatic nitrogens is 2. The third-order valence-corrected chi connectivity index (χ3v) is 5.02. The number of hydrogen-bond acceptors (Lipinski definition) is 5. The van der Waals surface area contributed by atoms with Crippen molar-refractivity contribution in [3.05, 3.63) is 106 Å². The van der Waals surface area contributed by atoms with Crippen LogP contribution in [-0.4, -0.2) is 21.6 Å². The maximum absolute atomic E-state index is 12.6. The molecule has 0 bridgehead atoms. The Morgan fingerprint density at radius 1 is 0.938 bits per heavy atom. The van der Waals surface area contributed by atoms with Crippen LogP contribution in [0.2, 0.25) is 5.02 Å². The molecule has 32 heavy (non-hydrogen) atoms. The fourth-order valence-corrected chi connectivity index (χ4v) is 3.32. The summed E-state index contributed by atoms with van der Waals surface area (Å²) in [6.07, 6.45) is 2.79. The lowest BCUT2D eigenvalue weighted by Crippen LogP contribution is -2.30. The molecule has 0 spiro atoms. The van der Waals surface area contributed by atoms with Crippen molar-refractivity contribution < 1.29 is 14.3 Å². The number of halogens is 1. The van der Waals surface area contributed by atoms with Gasteiger partial charge in [0.05, 0.1) is 17.5 Å². The minimum Gasteiger partial charge on any atom is -0.421 e. The molecular formula is C24H16ClN3O4. The number of benzene rings is 2. The van der Waals surface area contributed by atoms with E-state index >= 15 is 0 Å². The smallest absolute Gasteiger partial charge is 0.343 e. The molecule has 2 aromatic carbocycles. The Morgan fingerprint density at radius 3 is 2.38 bits per heavy atom. The highest BCUT2D eigenvalue weighted by atomic mass is 35.5. The molecule has 2 aromatic heterocycles. The van der Waals surface area contributed by atoms with Crippen molar-refractivity contribution in [1.82, 2.24) is 9.55 Å². The fraction of sp³-hybridized carbons (Fsp3) is 0. The van der Waals surface area contributed by atoms with Crippen LogP contribution in [0.3, 0.4) is 0 Å². The number of nitrogens with two attached hydrogens (primary N) is 1. The third kappa shape index (κ3) is 4.43. The quantitative estimate of drug-likeness (QED) is 0.469. The summed E-state index contributed by atoms with van der Waals surface area (Å²) in [7, 11) is 0. The number of carbonyl (C=O) groups excluding carboxylic acids is 2. The van der Waals surface area contributed by atoms with E-state index in [2.05, 4.69) is 4.98 Å². The summed E-state index contributed by atoms with van der Waals surface area (Å²) in [6, 6.07) is 19.5. The van der Waals surface area contributed by atoms with Crippen LogP contribution in [0.25, 0.3) is 22.4 Å².